The second kappa shape index (κ2) is 15.8. The van der Waals surface area contributed by atoms with Gasteiger partial charge in [0.15, 0.2) is 0 Å². The van der Waals surface area contributed by atoms with Crippen molar-refractivity contribution in [3.8, 4) is 0 Å². The van der Waals surface area contributed by atoms with E-state index in [0.29, 0.717) is 16.7 Å². The Morgan fingerprint density at radius 1 is 1.10 bits per heavy atom. The average molecular weight is 790 g/mol. The van der Waals surface area contributed by atoms with Gasteiger partial charge in [0.25, 0.3) is 0 Å². The van der Waals surface area contributed by atoms with Gasteiger partial charge in [0.05, 0.1) is 13.8 Å². The summed E-state index contributed by atoms with van der Waals surface area (Å²) in [7, 11) is 1.49. The van der Waals surface area contributed by atoms with Gasteiger partial charge in [-0.1, -0.05) is 37.6 Å². The van der Waals surface area contributed by atoms with E-state index in [1.807, 2.05) is 22.6 Å². The summed E-state index contributed by atoms with van der Waals surface area (Å²) in [4.78, 5) is 0. The number of allylic oxidation sites excluding steroid dienone is 3. The molecule has 12 heteroatoms. The zero-order valence-corrected chi connectivity index (χ0v) is 19.4. The molecule has 128 valence electrons. The van der Waals surface area contributed by atoms with Crippen LogP contribution in [0.5, 0.6) is 0 Å². The monoisotopic (exact) mass is 790 g/mol. The van der Waals surface area contributed by atoms with Gasteiger partial charge in [-0.25, -0.2) is 0 Å². The van der Waals surface area contributed by atoms with Gasteiger partial charge in [-0.3, -0.25) is 0 Å². The Morgan fingerprint density at radius 3 is 1.52 bits per heavy atom. The molecule has 0 aromatic heterocycles. The summed E-state index contributed by atoms with van der Waals surface area (Å²) in [5, 5.41) is 8.02. The molecule has 0 aliphatic heterocycles. The summed E-state index contributed by atoms with van der Waals surface area (Å²) in [5.74, 6) is 0. The normalized spacial score (nSPS) is 13.6. The van der Waals surface area contributed by atoms with E-state index in [1.54, 1.807) is 0 Å². The highest BCUT2D eigenvalue weighted by Crippen LogP contribution is 2.30. The predicted molar refractivity (Wildman–Crippen MR) is 110 cm³/mol. The smallest absolute Gasteiger partial charge is 0.392 e. The van der Waals surface area contributed by atoms with Crippen molar-refractivity contribution in [1.82, 2.24) is 0 Å². The molecule has 0 aromatic rings. The van der Waals surface area contributed by atoms with Gasteiger partial charge in [-0.2, -0.15) is 26.3 Å². The second-order valence-corrected chi connectivity index (χ2v) is 7.84. The van der Waals surface area contributed by atoms with Crippen molar-refractivity contribution in [3.05, 3.63) is 19.3 Å². The molecule has 0 aliphatic rings. The third-order valence-corrected chi connectivity index (χ3v) is 3.61. The first-order chi connectivity index (χ1) is 9.88. The standard InChI is InChI=1S/C4H3F3I2.C4H4F3IO.CH3IS/c5-4(6,7)3(9)1-2-8;5-4(6,7)3(8)1-2-9;1-3-2/h1H,2H2;1,9H,2H2;1H3/b2*3-1-;/i;;1T. The van der Waals surface area contributed by atoms with Crippen LogP contribution >= 0.6 is 97.9 Å². The van der Waals surface area contributed by atoms with Crippen LogP contribution in [0, 0.1) is 0 Å². The molecule has 21 heavy (non-hydrogen) atoms. The Bertz CT molecular complexity index is 303. The van der Waals surface area contributed by atoms with Gasteiger partial charge in [-0.15, -0.1) is 0 Å². The fraction of sp³-hybridized carbons (Fsp3) is 0.556. The summed E-state index contributed by atoms with van der Waals surface area (Å²) in [6, 6.07) is 0. The lowest BCUT2D eigenvalue weighted by atomic mass is 10.5. The van der Waals surface area contributed by atoms with Crippen LogP contribution in [-0.2, 0) is 0 Å². The molecular weight excluding hydrogens is 778 g/mol. The molecule has 0 radical (unpaired) electrons. The van der Waals surface area contributed by atoms with Crippen LogP contribution in [0.15, 0.2) is 19.3 Å². The van der Waals surface area contributed by atoms with Crippen molar-refractivity contribution < 1.29 is 32.8 Å². The summed E-state index contributed by atoms with van der Waals surface area (Å²) in [6.07, 6.45) is -6.13. The number of aliphatic hydroxyl groups is 1. The molecule has 0 aliphatic carbocycles. The fourth-order valence-electron chi connectivity index (χ4n) is 0.379. The molecule has 0 bridgehead atoms. The SMILES string of the molecule is FC(F)(F)/C(I)=C/CI.OC/C=C(\I)C(F)(F)F.[3H]CSI. The lowest BCUT2D eigenvalue weighted by Crippen LogP contribution is -2.06. The first-order valence-corrected chi connectivity index (χ1v) is 11.6. The van der Waals surface area contributed by atoms with Gasteiger partial charge in [-0.05, 0) is 78.7 Å². The van der Waals surface area contributed by atoms with E-state index < -0.39 is 26.1 Å². The number of rotatable bonds is 2. The highest BCUT2D eigenvalue weighted by Gasteiger charge is 2.31. The molecule has 0 spiro atoms. The fourth-order valence-corrected chi connectivity index (χ4v) is 2.08. The van der Waals surface area contributed by atoms with Crippen LogP contribution in [0.25, 0.3) is 0 Å². The van der Waals surface area contributed by atoms with Crippen LogP contribution < -0.4 is 0 Å². The van der Waals surface area contributed by atoms with Crippen molar-refractivity contribution in [3.63, 3.8) is 0 Å². The van der Waals surface area contributed by atoms with Gasteiger partial charge in [0.1, 0.15) is 0 Å². The Balaban J connectivity index is -0.000000266. The largest absolute Gasteiger partial charge is 0.421 e. The molecule has 1 N–H and O–H groups in total. The predicted octanol–water partition coefficient (Wildman–Crippen LogP) is 6.86. The summed E-state index contributed by atoms with van der Waals surface area (Å²) in [6.45, 7) is -0.572. The Labute approximate surface area is 177 Å². The van der Waals surface area contributed by atoms with E-state index in [0.717, 1.165) is 28.7 Å². The van der Waals surface area contributed by atoms with Crippen molar-refractivity contribution >= 4 is 97.9 Å². The molecule has 0 unspecified atom stereocenters. The number of halogens is 10. The van der Waals surface area contributed by atoms with Gasteiger partial charge < -0.3 is 5.11 Å². The van der Waals surface area contributed by atoms with E-state index in [2.05, 4.69) is 21.2 Å². The van der Waals surface area contributed by atoms with E-state index in [-0.39, 0.29) is 0 Å². The van der Waals surface area contributed by atoms with Crippen LogP contribution in [0.1, 0.15) is 1.37 Å². The topological polar surface area (TPSA) is 20.2 Å². The Hall–Kier alpha value is 2.29. The minimum atomic E-state index is -4.30. The van der Waals surface area contributed by atoms with E-state index in [9.17, 15) is 26.3 Å². The van der Waals surface area contributed by atoms with Crippen molar-refractivity contribution in [1.29, 1.82) is 0 Å². The maximum atomic E-state index is 11.6. The number of alkyl halides is 7. The molecule has 0 aromatic carbocycles. The van der Waals surface area contributed by atoms with E-state index >= 15 is 0 Å². The lowest BCUT2D eigenvalue weighted by molar-refractivity contribution is -0.0829. The van der Waals surface area contributed by atoms with Gasteiger partial charge >= 0.3 is 12.4 Å². The van der Waals surface area contributed by atoms with Crippen LogP contribution in [0.4, 0.5) is 26.3 Å². The molecule has 0 fully saturated rings. The number of hydrogen-bond acceptors (Lipinski definition) is 2. The maximum Gasteiger partial charge on any atom is 0.421 e. The minimum absolute atomic E-state index is 0.398. The molecule has 0 saturated heterocycles. The Kier molecular flexibility index (Phi) is 19.2. The molecule has 0 amide bonds. The zero-order valence-electron chi connectivity index (χ0n) is 10.9. The van der Waals surface area contributed by atoms with E-state index in [4.69, 9.17) is 6.48 Å². The molecule has 0 saturated carbocycles. The molecule has 0 heterocycles. The number of hydrogen-bond donors (Lipinski definition) is 1. The zero-order chi connectivity index (χ0) is 18.4. The Morgan fingerprint density at radius 2 is 1.43 bits per heavy atom. The molecule has 0 atom stereocenters. The van der Waals surface area contributed by atoms with Crippen LogP contribution in [0.2, 0.25) is 0 Å². The first kappa shape index (κ1) is 25.5. The average Bonchev–Trinajstić information content (AvgIpc) is 2.38. The second-order valence-electron chi connectivity index (χ2n) is 2.55. The first-order valence-electron chi connectivity index (χ1n) is 5.14. The summed E-state index contributed by atoms with van der Waals surface area (Å²) >= 11 is 6.35. The van der Waals surface area contributed by atoms with E-state index in [1.165, 1.54) is 31.5 Å². The van der Waals surface area contributed by atoms with Crippen molar-refractivity contribution in [2.75, 3.05) is 17.3 Å². The third kappa shape index (κ3) is 22.3. The minimum Gasteiger partial charge on any atom is -0.392 e. The van der Waals surface area contributed by atoms with Crippen LogP contribution in [0.3, 0.4) is 0 Å². The third-order valence-electron chi connectivity index (χ3n) is 1.07. The summed E-state index contributed by atoms with van der Waals surface area (Å²) < 4.78 is 74.5. The van der Waals surface area contributed by atoms with Crippen molar-refractivity contribution in [2.24, 2.45) is 0 Å². The van der Waals surface area contributed by atoms with Gasteiger partial charge in [0, 0.05) is 5.80 Å². The number of aliphatic hydroxyl groups excluding tert-OH is 1. The van der Waals surface area contributed by atoms with Crippen LogP contribution in [-0.4, -0.2) is 34.7 Å². The highest BCUT2D eigenvalue weighted by molar-refractivity contribution is 14.2. The van der Waals surface area contributed by atoms with Gasteiger partial charge in [0.2, 0.25) is 0 Å². The maximum absolute atomic E-state index is 11.6. The van der Waals surface area contributed by atoms with Crippen molar-refractivity contribution in [2.45, 2.75) is 12.4 Å². The molecule has 0 rings (SSSR count). The highest BCUT2D eigenvalue weighted by atomic mass is 127. The molecule has 1 nitrogen and oxygen atoms in total. The molecular formula is C9H10F6I4OS. The quantitative estimate of drug-likeness (QED) is 0.188. The summed E-state index contributed by atoms with van der Waals surface area (Å²) in [5.41, 5.74) is 0. The lowest BCUT2D eigenvalue weighted by Gasteiger charge is -2.02.